The molecule has 18 heavy (non-hydrogen) atoms. The lowest BCUT2D eigenvalue weighted by atomic mass is 10.1. The van der Waals surface area contributed by atoms with Crippen LogP contribution >= 0.6 is 0 Å². The van der Waals surface area contributed by atoms with Crippen LogP contribution in [0.4, 0.5) is 8.78 Å². The van der Waals surface area contributed by atoms with E-state index in [2.05, 4.69) is 5.32 Å². The highest BCUT2D eigenvalue weighted by Crippen LogP contribution is 2.09. The molecule has 1 aromatic carbocycles. The van der Waals surface area contributed by atoms with Crippen molar-refractivity contribution in [3.63, 3.8) is 0 Å². The summed E-state index contributed by atoms with van der Waals surface area (Å²) in [5.74, 6) is -4.13. The highest BCUT2D eigenvalue weighted by Gasteiger charge is 2.14. The van der Waals surface area contributed by atoms with Crippen LogP contribution < -0.4 is 5.32 Å². The van der Waals surface area contributed by atoms with Gasteiger partial charge in [0.15, 0.2) is 17.7 Å². The normalized spacial score (nSPS) is 11.9. The number of rotatable bonds is 5. The van der Waals surface area contributed by atoms with Gasteiger partial charge in [-0.1, -0.05) is 6.07 Å². The van der Waals surface area contributed by atoms with E-state index in [1.54, 1.807) is 0 Å². The largest absolute Gasteiger partial charge is 0.479 e. The standard InChI is InChI=1S/C11H11F2NO4/c12-7-2-1-6(3-8(7)13)4-10(16)14-5-9(15)11(17)18/h1-3,9,15H,4-5H2,(H,14,16)(H,17,18)/t9-/m0/s1. The number of aliphatic hydroxyl groups excluding tert-OH is 1. The summed E-state index contributed by atoms with van der Waals surface area (Å²) in [5, 5.41) is 19.4. The predicted octanol–water partition coefficient (Wildman–Crippen LogP) is 0.0690. The van der Waals surface area contributed by atoms with Gasteiger partial charge < -0.3 is 15.5 Å². The molecule has 0 bridgehead atoms. The van der Waals surface area contributed by atoms with E-state index in [0.717, 1.165) is 12.1 Å². The molecule has 98 valence electrons. The lowest BCUT2D eigenvalue weighted by molar-refractivity contribution is -0.146. The summed E-state index contributed by atoms with van der Waals surface area (Å²) in [6, 6.07) is 3.01. The van der Waals surface area contributed by atoms with Gasteiger partial charge in [0.25, 0.3) is 0 Å². The van der Waals surface area contributed by atoms with Gasteiger partial charge in [0.2, 0.25) is 5.91 Å². The second-order valence-electron chi connectivity index (χ2n) is 3.58. The van der Waals surface area contributed by atoms with Gasteiger partial charge >= 0.3 is 5.97 Å². The smallest absolute Gasteiger partial charge is 0.334 e. The first kappa shape index (κ1) is 14.0. The molecule has 0 unspecified atom stereocenters. The zero-order valence-electron chi connectivity index (χ0n) is 9.19. The van der Waals surface area contributed by atoms with Crippen LogP contribution in [0.15, 0.2) is 18.2 Å². The third kappa shape index (κ3) is 4.10. The Hall–Kier alpha value is -2.02. The first-order valence-corrected chi connectivity index (χ1v) is 5.01. The van der Waals surface area contributed by atoms with E-state index in [0.29, 0.717) is 0 Å². The molecule has 1 aromatic rings. The molecule has 0 saturated heterocycles. The summed E-state index contributed by atoms with van der Waals surface area (Å²) in [5.41, 5.74) is 0.246. The lowest BCUT2D eigenvalue weighted by Gasteiger charge is -2.07. The topological polar surface area (TPSA) is 86.6 Å². The van der Waals surface area contributed by atoms with Crippen LogP contribution in [0.5, 0.6) is 0 Å². The fourth-order valence-corrected chi connectivity index (χ4v) is 1.20. The zero-order valence-corrected chi connectivity index (χ0v) is 9.19. The van der Waals surface area contributed by atoms with Crippen LogP contribution in [0.3, 0.4) is 0 Å². The van der Waals surface area contributed by atoms with Gasteiger partial charge in [0.1, 0.15) is 0 Å². The maximum Gasteiger partial charge on any atom is 0.334 e. The molecule has 1 atom stereocenters. The fraction of sp³-hybridized carbons (Fsp3) is 0.273. The Morgan fingerprint density at radius 2 is 1.94 bits per heavy atom. The quantitative estimate of drug-likeness (QED) is 0.698. The van der Waals surface area contributed by atoms with Crippen molar-refractivity contribution in [2.75, 3.05) is 6.54 Å². The number of benzene rings is 1. The molecule has 0 aromatic heterocycles. The molecule has 7 heteroatoms. The molecule has 0 spiro atoms. The van der Waals surface area contributed by atoms with E-state index in [9.17, 15) is 18.4 Å². The van der Waals surface area contributed by atoms with Gasteiger partial charge in [-0.2, -0.15) is 0 Å². The fourth-order valence-electron chi connectivity index (χ4n) is 1.20. The lowest BCUT2D eigenvalue weighted by Crippen LogP contribution is -2.37. The minimum absolute atomic E-state index is 0.233. The van der Waals surface area contributed by atoms with Gasteiger partial charge in [-0.15, -0.1) is 0 Å². The second kappa shape index (κ2) is 6.06. The van der Waals surface area contributed by atoms with Crippen LogP contribution in [0, 0.1) is 11.6 Å². The monoisotopic (exact) mass is 259 g/mol. The van der Waals surface area contributed by atoms with E-state index in [1.165, 1.54) is 6.07 Å². The van der Waals surface area contributed by atoms with Gasteiger partial charge in [0, 0.05) is 0 Å². The minimum Gasteiger partial charge on any atom is -0.479 e. The number of amides is 1. The Morgan fingerprint density at radius 1 is 1.28 bits per heavy atom. The molecule has 0 aliphatic rings. The van der Waals surface area contributed by atoms with Crippen molar-refractivity contribution in [3.8, 4) is 0 Å². The summed E-state index contributed by atoms with van der Waals surface area (Å²) in [6.07, 6.45) is -1.93. The molecule has 0 heterocycles. The van der Waals surface area contributed by atoms with Crippen molar-refractivity contribution < 1.29 is 28.6 Å². The van der Waals surface area contributed by atoms with Crippen molar-refractivity contribution in [2.24, 2.45) is 0 Å². The molecule has 1 rings (SSSR count). The third-order valence-corrected chi connectivity index (χ3v) is 2.13. The Balaban J connectivity index is 2.49. The Kier molecular flexibility index (Phi) is 4.73. The van der Waals surface area contributed by atoms with Gasteiger partial charge in [-0.05, 0) is 17.7 Å². The molecule has 0 saturated carbocycles. The number of nitrogens with one attached hydrogen (secondary N) is 1. The van der Waals surface area contributed by atoms with Gasteiger partial charge in [-0.25, -0.2) is 13.6 Å². The average Bonchev–Trinajstić information content (AvgIpc) is 2.30. The summed E-state index contributed by atoms with van der Waals surface area (Å²) in [4.78, 5) is 21.6. The van der Waals surface area contributed by atoms with E-state index in [1.807, 2.05) is 0 Å². The van der Waals surface area contributed by atoms with Crippen molar-refractivity contribution >= 4 is 11.9 Å². The molecule has 5 nitrogen and oxygen atoms in total. The van der Waals surface area contributed by atoms with Crippen molar-refractivity contribution in [1.82, 2.24) is 5.32 Å². The number of carbonyl (C=O) groups excluding carboxylic acids is 1. The number of hydrogen-bond donors (Lipinski definition) is 3. The summed E-state index contributed by atoms with van der Waals surface area (Å²) < 4.78 is 25.4. The van der Waals surface area contributed by atoms with Crippen molar-refractivity contribution in [1.29, 1.82) is 0 Å². The number of halogens is 2. The van der Waals surface area contributed by atoms with Crippen LogP contribution in [0.1, 0.15) is 5.56 Å². The van der Waals surface area contributed by atoms with E-state index < -0.39 is 36.2 Å². The maximum atomic E-state index is 12.8. The van der Waals surface area contributed by atoms with Crippen LogP contribution in [-0.2, 0) is 16.0 Å². The van der Waals surface area contributed by atoms with E-state index in [-0.39, 0.29) is 12.0 Å². The number of aliphatic carboxylic acids is 1. The zero-order chi connectivity index (χ0) is 13.7. The maximum absolute atomic E-state index is 12.8. The highest BCUT2D eigenvalue weighted by atomic mass is 19.2. The summed E-state index contributed by atoms with van der Waals surface area (Å²) >= 11 is 0. The molecule has 0 aliphatic heterocycles. The molecule has 3 N–H and O–H groups in total. The molecule has 0 aliphatic carbocycles. The SMILES string of the molecule is O=C(Cc1ccc(F)c(F)c1)NC[C@H](O)C(=O)O. The first-order chi connectivity index (χ1) is 8.40. The molecule has 1 amide bonds. The Morgan fingerprint density at radius 3 is 2.50 bits per heavy atom. The summed E-state index contributed by atoms with van der Waals surface area (Å²) in [6.45, 7) is -0.447. The minimum atomic E-state index is -1.70. The highest BCUT2D eigenvalue weighted by molar-refractivity contribution is 5.79. The van der Waals surface area contributed by atoms with Gasteiger partial charge in [0.05, 0.1) is 13.0 Å². The molecular weight excluding hydrogens is 248 g/mol. The number of carboxylic acids is 1. The molecule has 0 fully saturated rings. The third-order valence-electron chi connectivity index (χ3n) is 2.13. The average molecular weight is 259 g/mol. The van der Waals surface area contributed by atoms with E-state index in [4.69, 9.17) is 10.2 Å². The Bertz CT molecular complexity index is 464. The Labute approximate surface area is 101 Å². The van der Waals surface area contributed by atoms with Crippen LogP contribution in [0.25, 0.3) is 0 Å². The molecular formula is C11H11F2NO4. The first-order valence-electron chi connectivity index (χ1n) is 5.01. The van der Waals surface area contributed by atoms with Crippen molar-refractivity contribution in [2.45, 2.75) is 12.5 Å². The number of carboxylic acid groups (broad SMARTS) is 1. The van der Waals surface area contributed by atoms with Crippen LogP contribution in [0.2, 0.25) is 0 Å². The van der Waals surface area contributed by atoms with Crippen LogP contribution in [-0.4, -0.2) is 34.7 Å². The number of carbonyl (C=O) groups is 2. The van der Waals surface area contributed by atoms with E-state index >= 15 is 0 Å². The predicted molar refractivity (Wildman–Crippen MR) is 56.7 cm³/mol. The van der Waals surface area contributed by atoms with Gasteiger partial charge in [-0.3, -0.25) is 4.79 Å². The molecule has 0 radical (unpaired) electrons. The second-order valence-corrected chi connectivity index (χ2v) is 3.58. The van der Waals surface area contributed by atoms with Crippen molar-refractivity contribution in [3.05, 3.63) is 35.4 Å². The number of aliphatic hydroxyl groups is 1. The summed E-state index contributed by atoms with van der Waals surface area (Å²) in [7, 11) is 0. The number of hydrogen-bond acceptors (Lipinski definition) is 3.